The number of ether oxygens (including phenoxy) is 3. The molecular weight excluding hydrogens is 608 g/mol. The van der Waals surface area contributed by atoms with Crippen molar-refractivity contribution >= 4 is 5.97 Å². The van der Waals surface area contributed by atoms with Gasteiger partial charge in [0, 0.05) is 5.92 Å². The van der Waals surface area contributed by atoms with E-state index in [0.717, 1.165) is 77.8 Å². The number of carbonyl (C=O) groups excluding carboxylic acids is 1. The Morgan fingerprint density at radius 3 is 2.00 bits per heavy atom. The van der Waals surface area contributed by atoms with Crippen LogP contribution < -0.4 is 0 Å². The minimum absolute atomic E-state index is 0.00522. The minimum atomic E-state index is -0.414. The first-order valence-corrected chi connectivity index (χ1v) is 19.9. The van der Waals surface area contributed by atoms with Gasteiger partial charge in [-0.3, -0.25) is 14.6 Å². The Hall–Kier alpha value is -1.83. The molecule has 0 radical (unpaired) electrons. The lowest BCUT2D eigenvalue weighted by Crippen LogP contribution is -2.68. The van der Waals surface area contributed by atoms with E-state index >= 15 is 0 Å². The molecule has 6 aliphatic rings. The monoisotopic (exact) mass is 677 g/mol. The van der Waals surface area contributed by atoms with Crippen LogP contribution in [0.4, 0.5) is 0 Å². The summed E-state index contributed by atoms with van der Waals surface area (Å²) >= 11 is 0. The van der Waals surface area contributed by atoms with Gasteiger partial charge in [-0.1, -0.05) is 90.2 Å². The van der Waals surface area contributed by atoms with Crippen molar-refractivity contribution in [3.63, 3.8) is 0 Å². The summed E-state index contributed by atoms with van der Waals surface area (Å²) in [5.74, 6) is 16.2. The summed E-state index contributed by atoms with van der Waals surface area (Å²) in [6.07, 6.45) is 11.7. The summed E-state index contributed by atoms with van der Waals surface area (Å²) in [5, 5.41) is 0. The molecule has 10 atom stereocenters. The van der Waals surface area contributed by atoms with Gasteiger partial charge in [0.25, 0.3) is 0 Å². The lowest BCUT2D eigenvalue weighted by molar-refractivity contribution is -0.236. The molecule has 0 aromatic rings. The second-order valence-corrected chi connectivity index (χ2v) is 16.7. The van der Waals surface area contributed by atoms with Crippen molar-refractivity contribution < 1.29 is 19.0 Å². The summed E-state index contributed by atoms with van der Waals surface area (Å²) in [6, 6.07) is 0. The van der Waals surface area contributed by atoms with Crippen LogP contribution in [0.3, 0.4) is 0 Å². The van der Waals surface area contributed by atoms with Crippen molar-refractivity contribution in [1.29, 1.82) is 0 Å². The van der Waals surface area contributed by atoms with Crippen molar-refractivity contribution in [2.24, 2.45) is 51.8 Å². The average Bonchev–Trinajstić information content (AvgIpc) is 3.10. The number of methoxy groups -OCH3 is 1. The Morgan fingerprint density at radius 1 is 0.837 bits per heavy atom. The first kappa shape index (κ1) is 38.4. The third-order valence-corrected chi connectivity index (χ3v) is 14.4. The van der Waals surface area contributed by atoms with Crippen LogP contribution >= 0.6 is 0 Å². The Balaban J connectivity index is 1.48. The number of allylic oxidation sites excluding steroid dienone is 2. The average molecular weight is 677 g/mol. The van der Waals surface area contributed by atoms with Crippen molar-refractivity contribution in [3.05, 3.63) is 11.6 Å². The van der Waals surface area contributed by atoms with Gasteiger partial charge in [-0.2, -0.15) is 0 Å². The van der Waals surface area contributed by atoms with E-state index in [1.54, 1.807) is 12.7 Å². The van der Waals surface area contributed by atoms with Crippen LogP contribution in [0.2, 0.25) is 0 Å². The molecule has 49 heavy (non-hydrogen) atoms. The van der Waals surface area contributed by atoms with E-state index in [1.807, 2.05) is 0 Å². The molecule has 0 amide bonds. The predicted molar refractivity (Wildman–Crippen MR) is 199 cm³/mol. The zero-order chi connectivity index (χ0) is 35.4. The zero-order valence-corrected chi connectivity index (χ0v) is 32.5. The number of esters is 1. The molecule has 1 unspecified atom stereocenters. The third-order valence-electron chi connectivity index (χ3n) is 14.4. The van der Waals surface area contributed by atoms with Gasteiger partial charge in [0.15, 0.2) is 0 Å². The number of fused-ring (bicyclic) bond motifs is 1. The van der Waals surface area contributed by atoms with Gasteiger partial charge in [-0.05, 0) is 118 Å². The summed E-state index contributed by atoms with van der Waals surface area (Å²) in [7, 11) is 1.58. The predicted octanol–water partition coefficient (Wildman–Crippen LogP) is 7.47. The van der Waals surface area contributed by atoms with Crippen LogP contribution in [0.25, 0.3) is 0 Å². The fourth-order valence-electron chi connectivity index (χ4n) is 12.0. The zero-order valence-electron chi connectivity index (χ0n) is 32.5. The molecule has 274 valence electrons. The molecule has 0 aliphatic heterocycles. The van der Waals surface area contributed by atoms with Gasteiger partial charge in [0.2, 0.25) is 0 Å². The minimum Gasteiger partial charge on any atom is -0.469 e. The van der Waals surface area contributed by atoms with Gasteiger partial charge in [-0.25, -0.2) is 0 Å². The van der Waals surface area contributed by atoms with Crippen molar-refractivity contribution in [3.8, 4) is 23.7 Å². The fraction of sp³-hybridized carbons (Fsp3) is 0.837. The quantitative estimate of drug-likeness (QED) is 0.122. The highest BCUT2D eigenvalue weighted by Crippen LogP contribution is 2.75. The molecule has 0 aromatic carbocycles. The second-order valence-electron chi connectivity index (χ2n) is 16.7. The van der Waals surface area contributed by atoms with Crippen LogP contribution in [-0.2, 0) is 19.0 Å². The lowest BCUT2D eigenvalue weighted by atomic mass is 9.33. The molecule has 0 aromatic heterocycles. The highest BCUT2D eigenvalue weighted by Gasteiger charge is 2.71. The number of hydrogen-bond donors (Lipinski definition) is 0. The maximum atomic E-state index is 13.4. The standard InChI is InChI=1S/C43H68N2O4/c1-10-44(11-2)25-14-16-27-48-34-19-20-35(49-28-17-15-26-45(12-3)13-4)39-38(34)32-29-37-41(7)22-18-23-42(8,40(46)47-9)36(41)21-24-43(37,39)30-33(32)31(5)6/h30-32,34-39H,10-13,18-29H2,1-9H3/t32-,34-,35-,36+,37+,38-,39+,41-,42?,43-/m0/s1. The normalized spacial score (nSPS) is 37.7. The molecule has 6 heteroatoms. The van der Waals surface area contributed by atoms with E-state index in [4.69, 9.17) is 14.2 Å². The fourth-order valence-corrected chi connectivity index (χ4v) is 12.0. The topological polar surface area (TPSA) is 51.2 Å². The van der Waals surface area contributed by atoms with E-state index in [-0.39, 0.29) is 29.0 Å². The number of rotatable bonds is 12. The Morgan fingerprint density at radius 2 is 1.43 bits per heavy atom. The van der Waals surface area contributed by atoms with E-state index in [0.29, 0.717) is 48.7 Å². The van der Waals surface area contributed by atoms with Crippen LogP contribution in [0.1, 0.15) is 107 Å². The largest absolute Gasteiger partial charge is 0.469 e. The maximum Gasteiger partial charge on any atom is 0.311 e. The van der Waals surface area contributed by atoms with Gasteiger partial charge in [0.05, 0.1) is 37.8 Å². The molecule has 6 aliphatic carbocycles. The van der Waals surface area contributed by atoms with E-state index < -0.39 is 5.41 Å². The molecule has 6 rings (SSSR count). The van der Waals surface area contributed by atoms with Crippen LogP contribution in [0.15, 0.2) is 11.6 Å². The van der Waals surface area contributed by atoms with Gasteiger partial charge >= 0.3 is 5.97 Å². The first-order valence-electron chi connectivity index (χ1n) is 19.9. The number of hydrogen-bond acceptors (Lipinski definition) is 6. The summed E-state index contributed by atoms with van der Waals surface area (Å²) in [4.78, 5) is 18.1. The van der Waals surface area contributed by atoms with Crippen LogP contribution in [0, 0.1) is 75.4 Å². The Bertz CT molecular complexity index is 1300. The molecule has 0 saturated heterocycles. The molecule has 6 nitrogen and oxygen atoms in total. The molecule has 4 fully saturated rings. The molecule has 1 spiro atoms. The van der Waals surface area contributed by atoms with Crippen molar-refractivity contribution in [2.75, 3.05) is 59.6 Å². The van der Waals surface area contributed by atoms with Crippen molar-refractivity contribution in [1.82, 2.24) is 9.80 Å². The van der Waals surface area contributed by atoms with E-state index in [9.17, 15) is 4.79 Å². The maximum absolute atomic E-state index is 13.4. The van der Waals surface area contributed by atoms with Gasteiger partial charge in [-0.15, -0.1) is 0 Å². The molecular formula is C43H68N2O4. The SMILES string of the molecule is CCN(CC)CC#CCO[C@H]1CC[C@H](OCC#CCN(CC)CC)[C@@H]2[C@H]1[C@H]1C[C@@H]3[C@@]4(C)CCCC(C)(C(=O)OC)[C@@H]4CC[C@@]23C=C1C(C)C. The first-order chi connectivity index (χ1) is 23.5. The van der Waals surface area contributed by atoms with Crippen LogP contribution in [-0.4, -0.2) is 87.6 Å². The molecule has 2 bridgehead atoms. The highest BCUT2D eigenvalue weighted by molar-refractivity contribution is 5.77. The third kappa shape index (κ3) is 7.16. The van der Waals surface area contributed by atoms with E-state index in [1.165, 1.54) is 12.8 Å². The van der Waals surface area contributed by atoms with Gasteiger partial charge in [0.1, 0.15) is 13.2 Å². The highest BCUT2D eigenvalue weighted by atomic mass is 16.5. The molecule has 4 saturated carbocycles. The van der Waals surface area contributed by atoms with Crippen LogP contribution in [0.5, 0.6) is 0 Å². The van der Waals surface area contributed by atoms with E-state index in [2.05, 4.69) is 94.9 Å². The summed E-state index contributed by atoms with van der Waals surface area (Å²) < 4.78 is 19.3. The van der Waals surface area contributed by atoms with Crippen molar-refractivity contribution in [2.45, 2.75) is 119 Å². The lowest BCUT2D eigenvalue weighted by Gasteiger charge is -2.72. The Kier molecular flexibility index (Phi) is 12.7. The molecule has 0 N–H and O–H groups in total. The van der Waals surface area contributed by atoms with Gasteiger partial charge < -0.3 is 14.2 Å². The number of nitrogens with zero attached hydrogens (tertiary/aromatic N) is 2. The summed E-state index contributed by atoms with van der Waals surface area (Å²) in [5.41, 5.74) is 1.35. The summed E-state index contributed by atoms with van der Waals surface area (Å²) in [6.45, 7) is 25.0. The smallest absolute Gasteiger partial charge is 0.311 e. The Labute approximate surface area is 299 Å². The second kappa shape index (κ2) is 16.2. The number of carbonyl (C=O) groups is 1. The molecule has 0 heterocycles.